The van der Waals surface area contributed by atoms with E-state index in [1.165, 1.54) is 11.9 Å². The molecule has 3 unspecified atom stereocenters. The molecule has 270 valence electrons. The normalized spacial score (nSPS) is 21.2. The summed E-state index contributed by atoms with van der Waals surface area (Å²) >= 11 is 0. The molecule has 16 heteroatoms. The SMILES string of the molecule is CC(C)C1C(=O)NC(CCCC[n+]2ccn3ncccc32)C(=O)NCC(=O)NC(CC(=O)O)C(=O)N[C@H](Cc2c[nH]c3ccccc23)C(=O)N1C. The fourth-order valence-corrected chi connectivity index (χ4v) is 6.50. The maximum atomic E-state index is 14.2. The summed E-state index contributed by atoms with van der Waals surface area (Å²) in [4.78, 5) is 84.2. The lowest BCUT2D eigenvalue weighted by atomic mass is 9.98. The van der Waals surface area contributed by atoms with Crippen molar-refractivity contribution in [2.24, 2.45) is 5.92 Å². The van der Waals surface area contributed by atoms with Crippen LogP contribution in [-0.2, 0) is 41.7 Å². The Labute approximate surface area is 293 Å². The molecule has 1 saturated heterocycles. The minimum absolute atomic E-state index is 0.00696. The Morgan fingerprint density at radius 2 is 1.73 bits per heavy atom. The van der Waals surface area contributed by atoms with E-state index in [9.17, 15) is 33.9 Å². The number of likely N-dealkylation sites (N-methyl/N-ethyl adjacent to an activating group) is 1. The van der Waals surface area contributed by atoms with Crippen LogP contribution in [0.25, 0.3) is 16.6 Å². The van der Waals surface area contributed by atoms with Crippen LogP contribution in [0.3, 0.4) is 0 Å². The van der Waals surface area contributed by atoms with Gasteiger partial charge in [0, 0.05) is 36.6 Å². The molecule has 0 bridgehead atoms. The van der Waals surface area contributed by atoms with E-state index in [1.807, 2.05) is 53.4 Å². The van der Waals surface area contributed by atoms with Gasteiger partial charge in [-0.15, -0.1) is 4.52 Å². The van der Waals surface area contributed by atoms with Crippen LogP contribution >= 0.6 is 0 Å². The van der Waals surface area contributed by atoms with Gasteiger partial charge in [0.2, 0.25) is 29.5 Å². The van der Waals surface area contributed by atoms with Crippen molar-refractivity contribution in [3.05, 3.63) is 66.7 Å². The van der Waals surface area contributed by atoms with Crippen molar-refractivity contribution < 1.29 is 38.4 Å². The fraction of sp³-hybridized carbons (Fsp3) is 0.429. The van der Waals surface area contributed by atoms with Gasteiger partial charge in [0.05, 0.1) is 25.7 Å². The average Bonchev–Trinajstić information content (AvgIpc) is 3.70. The predicted molar refractivity (Wildman–Crippen MR) is 184 cm³/mol. The van der Waals surface area contributed by atoms with E-state index >= 15 is 0 Å². The van der Waals surface area contributed by atoms with Gasteiger partial charge in [-0.2, -0.15) is 0 Å². The number of aryl methyl sites for hydroxylation is 1. The van der Waals surface area contributed by atoms with Crippen LogP contribution in [-0.4, -0.2) is 97.9 Å². The number of carboxylic acid groups (broad SMARTS) is 1. The average molecular weight is 703 g/mol. The molecule has 1 aliphatic heterocycles. The van der Waals surface area contributed by atoms with Crippen LogP contribution < -0.4 is 25.8 Å². The van der Waals surface area contributed by atoms with E-state index in [1.54, 1.807) is 30.8 Å². The number of imidazole rings is 1. The summed E-state index contributed by atoms with van der Waals surface area (Å²) < 4.78 is 3.77. The van der Waals surface area contributed by atoms with Gasteiger partial charge in [-0.05, 0) is 42.9 Å². The van der Waals surface area contributed by atoms with Crippen LogP contribution in [0.1, 0.15) is 45.1 Å². The number of H-pyrrole nitrogens is 1. The molecular formula is C35H44N9O7+. The topological polar surface area (TPSA) is 211 Å². The van der Waals surface area contributed by atoms with E-state index < -0.39 is 78.6 Å². The number of amides is 5. The molecule has 1 aliphatic rings. The summed E-state index contributed by atoms with van der Waals surface area (Å²) in [6.07, 6.45) is 7.82. The number of para-hydroxylation sites is 1. The van der Waals surface area contributed by atoms with Gasteiger partial charge < -0.3 is 36.3 Å². The number of aromatic nitrogens is 4. The number of benzene rings is 1. The molecule has 6 N–H and O–H groups in total. The first-order chi connectivity index (χ1) is 24.4. The standard InChI is InChI=1S/C35H43N9O7/c1-21(2)31-34(50)40-25(11-6-7-14-43-15-16-44-29(43)12-8-13-38-44)32(48)37-20-28(45)39-26(18-30(46)47)33(49)41-27(35(51)42(31)3)17-22-19-36-24-10-5-4-9-23(22)24/h4-5,8-10,12-13,15-16,19,21,25-27,31,36H,6-7,11,14,17-18,20H2,1-3H3,(H4-,37,39,40,41,45,46,47,48,49,50)/p+1/t25?,26?,27-,31?/m1/s1. The molecule has 0 aliphatic carbocycles. The number of aliphatic carboxylic acids is 1. The van der Waals surface area contributed by atoms with Crippen molar-refractivity contribution in [2.45, 2.75) is 76.7 Å². The number of hydrogen-bond donors (Lipinski definition) is 6. The number of rotatable bonds is 10. The Hall–Kier alpha value is -5.80. The van der Waals surface area contributed by atoms with Crippen molar-refractivity contribution in [2.75, 3.05) is 13.6 Å². The number of nitrogens with zero attached hydrogens (tertiary/aromatic N) is 4. The largest absolute Gasteiger partial charge is 0.481 e. The number of nitrogens with one attached hydrogen (secondary N) is 5. The second-order valence-electron chi connectivity index (χ2n) is 13.1. The third-order valence-electron chi connectivity index (χ3n) is 9.05. The molecule has 16 nitrogen and oxygen atoms in total. The molecule has 5 amide bonds. The Morgan fingerprint density at radius 3 is 2.49 bits per heavy atom. The van der Waals surface area contributed by atoms with Gasteiger partial charge in [0.25, 0.3) is 0 Å². The van der Waals surface area contributed by atoms with Crippen molar-refractivity contribution in [3.63, 3.8) is 0 Å². The molecule has 4 heterocycles. The summed E-state index contributed by atoms with van der Waals surface area (Å²) in [6.45, 7) is 3.59. The van der Waals surface area contributed by atoms with Crippen LogP contribution in [0.15, 0.2) is 61.2 Å². The summed E-state index contributed by atoms with van der Waals surface area (Å²) in [5.74, 6) is -5.28. The minimum Gasteiger partial charge on any atom is -0.481 e. The molecule has 51 heavy (non-hydrogen) atoms. The van der Waals surface area contributed by atoms with Gasteiger partial charge in [-0.1, -0.05) is 37.1 Å². The van der Waals surface area contributed by atoms with E-state index in [4.69, 9.17) is 0 Å². The first-order valence-electron chi connectivity index (χ1n) is 17.0. The molecule has 3 aromatic heterocycles. The highest BCUT2D eigenvalue weighted by Crippen LogP contribution is 2.21. The van der Waals surface area contributed by atoms with Crippen LogP contribution in [0.2, 0.25) is 0 Å². The van der Waals surface area contributed by atoms with Crippen molar-refractivity contribution in [1.82, 2.24) is 40.8 Å². The third kappa shape index (κ3) is 8.87. The Kier molecular flexibility index (Phi) is 11.6. The summed E-state index contributed by atoms with van der Waals surface area (Å²) in [6, 6.07) is 6.33. The van der Waals surface area contributed by atoms with E-state index in [0.29, 0.717) is 24.9 Å². The van der Waals surface area contributed by atoms with Crippen LogP contribution in [0.4, 0.5) is 0 Å². The number of hydrogen-bond acceptors (Lipinski definition) is 7. The number of aromatic amines is 1. The lowest BCUT2D eigenvalue weighted by Gasteiger charge is -2.34. The zero-order valence-corrected chi connectivity index (χ0v) is 28.8. The highest BCUT2D eigenvalue weighted by Gasteiger charge is 2.37. The molecular weight excluding hydrogens is 658 g/mol. The minimum atomic E-state index is -1.55. The summed E-state index contributed by atoms with van der Waals surface area (Å²) in [7, 11) is 1.46. The second-order valence-corrected chi connectivity index (χ2v) is 13.1. The molecule has 0 spiro atoms. The smallest absolute Gasteiger partial charge is 0.307 e. The lowest BCUT2D eigenvalue weighted by Crippen LogP contribution is -2.59. The number of unbranched alkanes of at least 4 members (excludes halogenated alkanes) is 1. The number of carbonyl (C=O) groups is 6. The molecule has 1 fully saturated rings. The van der Waals surface area contributed by atoms with Gasteiger partial charge in [-0.3, -0.25) is 28.8 Å². The first-order valence-corrected chi connectivity index (χ1v) is 17.0. The van der Waals surface area contributed by atoms with E-state index in [-0.39, 0.29) is 12.8 Å². The maximum absolute atomic E-state index is 14.2. The maximum Gasteiger partial charge on any atom is 0.307 e. The van der Waals surface area contributed by atoms with Crippen molar-refractivity contribution >= 4 is 52.1 Å². The quantitative estimate of drug-likeness (QED) is 0.0981. The number of fused-ring (bicyclic) bond motifs is 2. The van der Waals surface area contributed by atoms with Gasteiger partial charge in [-0.25, -0.2) is 4.57 Å². The zero-order chi connectivity index (χ0) is 36.7. The van der Waals surface area contributed by atoms with Crippen molar-refractivity contribution in [1.29, 1.82) is 0 Å². The molecule has 0 radical (unpaired) electrons. The van der Waals surface area contributed by atoms with Crippen LogP contribution in [0.5, 0.6) is 0 Å². The molecule has 1 aromatic carbocycles. The fourth-order valence-electron chi connectivity index (χ4n) is 6.50. The highest BCUT2D eigenvalue weighted by molar-refractivity contribution is 5.98. The third-order valence-corrected chi connectivity index (χ3v) is 9.05. The molecule has 0 saturated carbocycles. The van der Waals surface area contributed by atoms with Gasteiger partial charge in [0.1, 0.15) is 30.4 Å². The summed E-state index contributed by atoms with van der Waals surface area (Å²) in [5, 5.41) is 25.0. The Bertz CT molecular complexity index is 1920. The number of carbonyl (C=O) groups excluding carboxylic acids is 5. The first kappa shape index (κ1) is 36.5. The van der Waals surface area contributed by atoms with Crippen LogP contribution in [0, 0.1) is 5.92 Å². The lowest BCUT2D eigenvalue weighted by molar-refractivity contribution is -0.671. The Balaban J connectivity index is 1.40. The predicted octanol–water partition coefficient (Wildman–Crippen LogP) is 0.0580. The molecule has 4 aromatic rings. The Morgan fingerprint density at radius 1 is 0.961 bits per heavy atom. The second kappa shape index (κ2) is 16.3. The van der Waals surface area contributed by atoms with Gasteiger partial charge >= 0.3 is 11.6 Å². The molecule has 5 rings (SSSR count). The monoisotopic (exact) mass is 702 g/mol. The van der Waals surface area contributed by atoms with E-state index in [0.717, 1.165) is 16.6 Å². The van der Waals surface area contributed by atoms with Gasteiger partial charge in [0.15, 0.2) is 6.20 Å². The zero-order valence-electron chi connectivity index (χ0n) is 28.8. The van der Waals surface area contributed by atoms with E-state index in [2.05, 4.69) is 31.3 Å². The number of carboxylic acids is 1. The molecule has 4 atom stereocenters. The summed E-state index contributed by atoms with van der Waals surface area (Å²) in [5.41, 5.74) is 2.42. The van der Waals surface area contributed by atoms with Crippen molar-refractivity contribution in [3.8, 4) is 0 Å². The highest BCUT2D eigenvalue weighted by atomic mass is 16.4.